The molecule has 0 spiro atoms. The van der Waals surface area contributed by atoms with E-state index >= 15 is 0 Å². The number of hydrogen-bond acceptors (Lipinski definition) is 4. The number of nitriles is 1. The van der Waals surface area contributed by atoms with E-state index in [1.165, 1.54) is 20.3 Å². The number of ketones is 1. The zero-order valence-electron chi connectivity index (χ0n) is 13.5. The van der Waals surface area contributed by atoms with Crippen molar-refractivity contribution in [3.8, 4) is 17.6 Å². The summed E-state index contributed by atoms with van der Waals surface area (Å²) in [6.45, 7) is 5.63. The highest BCUT2D eigenvalue weighted by Gasteiger charge is 2.08. The van der Waals surface area contributed by atoms with Gasteiger partial charge in [0.15, 0.2) is 17.3 Å². The predicted octanol–water partition coefficient (Wildman–Crippen LogP) is 4.02. The third-order valence-electron chi connectivity index (χ3n) is 2.93. The molecule has 0 aliphatic rings. The number of rotatable bonds is 7. The first kappa shape index (κ1) is 18.0. The van der Waals surface area contributed by atoms with Crippen LogP contribution in [0.1, 0.15) is 17.3 Å². The average Bonchev–Trinajstić information content (AvgIpc) is 2.58. The van der Waals surface area contributed by atoms with Gasteiger partial charge < -0.3 is 9.47 Å². The van der Waals surface area contributed by atoms with Crippen LogP contribution in [-0.4, -0.2) is 20.0 Å². The van der Waals surface area contributed by atoms with Crippen molar-refractivity contribution in [3.63, 3.8) is 0 Å². The lowest BCUT2D eigenvalue weighted by molar-refractivity contribution is 0.104. The van der Waals surface area contributed by atoms with Crippen molar-refractivity contribution >= 4 is 5.78 Å². The summed E-state index contributed by atoms with van der Waals surface area (Å²) in [5.74, 6) is 0.862. The van der Waals surface area contributed by atoms with Gasteiger partial charge in [0.1, 0.15) is 0 Å². The molecule has 0 N–H and O–H groups in total. The van der Waals surface area contributed by atoms with E-state index in [1.807, 2.05) is 13.0 Å². The third-order valence-corrected chi connectivity index (χ3v) is 2.93. The average molecular weight is 309 g/mol. The van der Waals surface area contributed by atoms with Crippen LogP contribution in [0.2, 0.25) is 0 Å². The first-order valence-corrected chi connectivity index (χ1v) is 6.93. The highest BCUT2D eigenvalue weighted by atomic mass is 16.5. The first-order valence-electron chi connectivity index (χ1n) is 6.93. The van der Waals surface area contributed by atoms with Crippen molar-refractivity contribution in [2.24, 2.45) is 0 Å². The Labute approximate surface area is 136 Å². The molecule has 0 aliphatic heterocycles. The number of ether oxygens (including phenoxy) is 2. The molecule has 4 nitrogen and oxygen atoms in total. The van der Waals surface area contributed by atoms with Crippen LogP contribution in [0.15, 0.2) is 66.3 Å². The maximum atomic E-state index is 12.2. The normalized spacial score (nSPS) is 11.5. The standard InChI is InChI=1S/C19H19NO3/c1-5-6-15(13-20)11-14(2)7-9-17(21)16-8-10-18(22-3)19(12-16)23-4/h5-12H,2H2,1,3-4H3. The number of benzene rings is 1. The molecule has 1 rings (SSSR count). The highest BCUT2D eigenvalue weighted by molar-refractivity contribution is 6.05. The molecule has 0 bridgehead atoms. The Morgan fingerprint density at radius 2 is 1.87 bits per heavy atom. The zero-order chi connectivity index (χ0) is 17.2. The second-order valence-electron chi connectivity index (χ2n) is 4.55. The molecule has 0 aromatic heterocycles. The Morgan fingerprint density at radius 1 is 1.17 bits per heavy atom. The van der Waals surface area contributed by atoms with Gasteiger partial charge in [-0.3, -0.25) is 4.79 Å². The Kier molecular flexibility index (Phi) is 7.09. The van der Waals surface area contributed by atoms with Crippen LogP contribution >= 0.6 is 0 Å². The lowest BCUT2D eigenvalue weighted by Gasteiger charge is -2.07. The predicted molar refractivity (Wildman–Crippen MR) is 90.7 cm³/mol. The van der Waals surface area contributed by atoms with Gasteiger partial charge in [-0.15, -0.1) is 0 Å². The van der Waals surface area contributed by atoms with Crippen molar-refractivity contribution in [2.75, 3.05) is 14.2 Å². The summed E-state index contributed by atoms with van der Waals surface area (Å²) < 4.78 is 10.3. The van der Waals surface area contributed by atoms with Crippen LogP contribution in [0.3, 0.4) is 0 Å². The molecular formula is C19H19NO3. The number of carbonyl (C=O) groups is 1. The largest absolute Gasteiger partial charge is 0.493 e. The molecule has 0 unspecified atom stereocenters. The molecule has 23 heavy (non-hydrogen) atoms. The molecule has 1 aromatic rings. The quantitative estimate of drug-likeness (QED) is 0.330. The minimum Gasteiger partial charge on any atom is -0.493 e. The number of hydrogen-bond donors (Lipinski definition) is 0. The molecule has 0 heterocycles. The van der Waals surface area contributed by atoms with Crippen LogP contribution in [0.25, 0.3) is 0 Å². The van der Waals surface area contributed by atoms with Gasteiger partial charge in [0.2, 0.25) is 0 Å². The van der Waals surface area contributed by atoms with E-state index in [2.05, 4.69) is 6.58 Å². The first-order chi connectivity index (χ1) is 11.0. The summed E-state index contributed by atoms with van der Waals surface area (Å²) in [7, 11) is 3.05. The van der Waals surface area contributed by atoms with Gasteiger partial charge in [-0.2, -0.15) is 5.26 Å². The van der Waals surface area contributed by atoms with Crippen LogP contribution < -0.4 is 9.47 Å². The Bertz CT molecular complexity index is 719. The molecule has 0 fully saturated rings. The fourth-order valence-corrected chi connectivity index (χ4v) is 1.81. The number of nitrogens with zero attached hydrogens (tertiary/aromatic N) is 1. The Balaban J connectivity index is 2.91. The van der Waals surface area contributed by atoms with Crippen LogP contribution in [0, 0.1) is 11.3 Å². The number of allylic oxidation sites excluding steroid dienone is 7. The monoisotopic (exact) mass is 309 g/mol. The zero-order valence-corrected chi connectivity index (χ0v) is 13.5. The fourth-order valence-electron chi connectivity index (χ4n) is 1.81. The van der Waals surface area contributed by atoms with E-state index in [-0.39, 0.29) is 5.78 Å². The lowest BCUT2D eigenvalue weighted by atomic mass is 10.1. The minimum absolute atomic E-state index is 0.190. The van der Waals surface area contributed by atoms with E-state index in [9.17, 15) is 4.79 Å². The third kappa shape index (κ3) is 5.33. The lowest BCUT2D eigenvalue weighted by Crippen LogP contribution is -1.97. The molecule has 0 saturated carbocycles. The highest BCUT2D eigenvalue weighted by Crippen LogP contribution is 2.27. The van der Waals surface area contributed by atoms with Crippen molar-refractivity contribution in [1.29, 1.82) is 5.26 Å². The smallest absolute Gasteiger partial charge is 0.185 e. The van der Waals surface area contributed by atoms with Crippen molar-refractivity contribution in [2.45, 2.75) is 6.92 Å². The van der Waals surface area contributed by atoms with Gasteiger partial charge in [-0.1, -0.05) is 18.7 Å². The molecule has 0 radical (unpaired) electrons. The summed E-state index contributed by atoms with van der Waals surface area (Å²) in [4.78, 5) is 12.2. The fraction of sp³-hybridized carbons (Fsp3) is 0.158. The van der Waals surface area contributed by atoms with Gasteiger partial charge in [-0.05, 0) is 48.9 Å². The number of methoxy groups -OCH3 is 2. The van der Waals surface area contributed by atoms with Crippen LogP contribution in [0.4, 0.5) is 0 Å². The SMILES string of the molecule is C=C(C=CC(=O)c1ccc(OC)c(OC)c1)C=C(C#N)C=CC. The molecule has 118 valence electrons. The van der Waals surface area contributed by atoms with Crippen LogP contribution in [-0.2, 0) is 0 Å². The van der Waals surface area contributed by atoms with Gasteiger partial charge in [0.25, 0.3) is 0 Å². The van der Waals surface area contributed by atoms with E-state index in [0.717, 1.165) is 0 Å². The molecule has 4 heteroatoms. The second kappa shape index (κ2) is 9.06. The number of carbonyl (C=O) groups excluding carboxylic acids is 1. The summed E-state index contributed by atoms with van der Waals surface area (Å²) in [5.41, 5.74) is 1.51. The summed E-state index contributed by atoms with van der Waals surface area (Å²) in [6, 6.07) is 7.00. The molecule has 1 aromatic carbocycles. The maximum Gasteiger partial charge on any atom is 0.185 e. The maximum absolute atomic E-state index is 12.2. The molecule has 0 atom stereocenters. The molecule has 0 saturated heterocycles. The summed E-state index contributed by atoms with van der Waals surface area (Å²) in [6.07, 6.45) is 8.03. The molecule has 0 amide bonds. The van der Waals surface area contributed by atoms with Gasteiger partial charge in [-0.25, -0.2) is 0 Å². The van der Waals surface area contributed by atoms with Crippen molar-refractivity contribution in [3.05, 3.63) is 71.9 Å². The molecular weight excluding hydrogens is 290 g/mol. The second-order valence-corrected chi connectivity index (χ2v) is 4.55. The summed E-state index contributed by atoms with van der Waals surface area (Å²) in [5, 5.41) is 8.94. The van der Waals surface area contributed by atoms with Gasteiger partial charge in [0.05, 0.1) is 25.9 Å². The Hall–Kier alpha value is -3.06. The molecule has 0 aliphatic carbocycles. The minimum atomic E-state index is -0.190. The van der Waals surface area contributed by atoms with E-state index < -0.39 is 0 Å². The summed E-state index contributed by atoms with van der Waals surface area (Å²) >= 11 is 0. The topological polar surface area (TPSA) is 59.3 Å². The van der Waals surface area contributed by atoms with Crippen molar-refractivity contribution in [1.82, 2.24) is 0 Å². The van der Waals surface area contributed by atoms with Crippen LogP contribution in [0.5, 0.6) is 11.5 Å². The van der Waals surface area contributed by atoms with E-state index in [1.54, 1.807) is 42.5 Å². The van der Waals surface area contributed by atoms with Gasteiger partial charge in [0, 0.05) is 5.56 Å². The Morgan fingerprint density at radius 3 is 2.43 bits per heavy atom. The van der Waals surface area contributed by atoms with Crippen molar-refractivity contribution < 1.29 is 14.3 Å². The van der Waals surface area contributed by atoms with Gasteiger partial charge >= 0.3 is 0 Å². The van der Waals surface area contributed by atoms with E-state index in [0.29, 0.717) is 28.2 Å². The van der Waals surface area contributed by atoms with E-state index in [4.69, 9.17) is 14.7 Å².